The number of aliphatic imine (C=N–C) groups is 1. The van der Waals surface area contributed by atoms with Crippen molar-refractivity contribution in [2.45, 2.75) is 12.5 Å². The summed E-state index contributed by atoms with van der Waals surface area (Å²) in [6.45, 7) is 0. The van der Waals surface area contributed by atoms with Gasteiger partial charge in [-0.05, 0) is 23.8 Å². The molecule has 6 heteroatoms. The third kappa shape index (κ3) is 2.06. The first-order chi connectivity index (χ1) is 7.99. The van der Waals surface area contributed by atoms with E-state index in [0.717, 1.165) is 11.3 Å². The van der Waals surface area contributed by atoms with Gasteiger partial charge in [-0.2, -0.15) is 4.99 Å². The highest BCUT2D eigenvalue weighted by Gasteiger charge is 2.32. The van der Waals surface area contributed by atoms with Gasteiger partial charge in [0, 0.05) is 19.2 Å². The zero-order chi connectivity index (χ0) is 12.6. The van der Waals surface area contributed by atoms with Crippen LogP contribution in [0.3, 0.4) is 0 Å². The lowest BCUT2D eigenvalue weighted by Crippen LogP contribution is -2.37. The average Bonchev–Trinajstić information content (AvgIpc) is 2.54. The normalized spacial score (nSPS) is 17.8. The lowest BCUT2D eigenvalue weighted by Gasteiger charge is -2.19. The van der Waals surface area contributed by atoms with E-state index in [1.54, 1.807) is 18.0 Å². The molecule has 5 nitrogen and oxygen atoms in total. The Kier molecular flexibility index (Phi) is 2.71. The van der Waals surface area contributed by atoms with Gasteiger partial charge in [-0.3, -0.25) is 4.79 Å². The molecule has 17 heavy (non-hydrogen) atoms. The van der Waals surface area contributed by atoms with Crippen LogP contribution in [0, 0.1) is 5.82 Å². The van der Waals surface area contributed by atoms with Gasteiger partial charge < -0.3 is 16.4 Å². The standard InChI is InChI=1S/C11H13FN4O/c1-16-8-3-2-7(12)4-6(8)5-9(16)10(17)15-11(13)14/h2-4,9H,5H2,1H3,(H4,13,14,15,17). The zero-order valence-electron chi connectivity index (χ0n) is 9.35. The fourth-order valence-corrected chi connectivity index (χ4v) is 2.03. The van der Waals surface area contributed by atoms with Crippen LogP contribution >= 0.6 is 0 Å². The number of fused-ring (bicyclic) bond motifs is 1. The van der Waals surface area contributed by atoms with E-state index in [2.05, 4.69) is 4.99 Å². The Hall–Kier alpha value is -2.11. The van der Waals surface area contributed by atoms with Gasteiger partial charge in [-0.15, -0.1) is 0 Å². The van der Waals surface area contributed by atoms with E-state index in [1.165, 1.54) is 12.1 Å². The molecule has 1 aliphatic rings. The molecular weight excluding hydrogens is 223 g/mol. The number of rotatable bonds is 1. The lowest BCUT2D eigenvalue weighted by atomic mass is 10.1. The molecule has 0 radical (unpaired) electrons. The van der Waals surface area contributed by atoms with Crippen LogP contribution in [0.15, 0.2) is 23.2 Å². The van der Waals surface area contributed by atoms with E-state index >= 15 is 0 Å². The van der Waals surface area contributed by atoms with Crippen LogP contribution < -0.4 is 16.4 Å². The van der Waals surface area contributed by atoms with Gasteiger partial charge >= 0.3 is 0 Å². The summed E-state index contributed by atoms with van der Waals surface area (Å²) in [5.74, 6) is -0.985. The summed E-state index contributed by atoms with van der Waals surface area (Å²) >= 11 is 0. The van der Waals surface area contributed by atoms with Crippen LogP contribution in [0.25, 0.3) is 0 Å². The summed E-state index contributed by atoms with van der Waals surface area (Å²) in [5, 5.41) is 0. The fourth-order valence-electron chi connectivity index (χ4n) is 2.03. The monoisotopic (exact) mass is 236 g/mol. The fraction of sp³-hybridized carbons (Fsp3) is 0.273. The van der Waals surface area contributed by atoms with Crippen LogP contribution in [0.2, 0.25) is 0 Å². The molecule has 1 aromatic rings. The van der Waals surface area contributed by atoms with Crippen LogP contribution in [-0.4, -0.2) is 25.0 Å². The molecule has 0 aromatic heterocycles. The van der Waals surface area contributed by atoms with Crippen molar-refractivity contribution in [3.63, 3.8) is 0 Å². The van der Waals surface area contributed by atoms with Gasteiger partial charge in [-0.1, -0.05) is 0 Å². The van der Waals surface area contributed by atoms with Crippen molar-refractivity contribution < 1.29 is 9.18 Å². The second-order valence-corrected chi connectivity index (χ2v) is 3.98. The number of carbonyl (C=O) groups excluding carboxylic acids is 1. The number of guanidine groups is 1. The van der Waals surface area contributed by atoms with E-state index in [9.17, 15) is 9.18 Å². The molecule has 0 saturated heterocycles. The Morgan fingerprint density at radius 3 is 2.88 bits per heavy atom. The molecular formula is C11H13FN4O. The molecule has 0 spiro atoms. The van der Waals surface area contributed by atoms with Crippen molar-refractivity contribution in [1.29, 1.82) is 0 Å². The molecule has 1 aromatic carbocycles. The average molecular weight is 236 g/mol. The second-order valence-electron chi connectivity index (χ2n) is 3.98. The van der Waals surface area contributed by atoms with Gasteiger partial charge in [0.15, 0.2) is 5.96 Å². The Morgan fingerprint density at radius 1 is 1.53 bits per heavy atom. The largest absolute Gasteiger partial charge is 0.370 e. The van der Waals surface area contributed by atoms with Crippen LogP contribution in [0.1, 0.15) is 5.56 Å². The predicted octanol–water partition coefficient (Wildman–Crippen LogP) is -0.0134. The van der Waals surface area contributed by atoms with Crippen molar-refractivity contribution in [1.82, 2.24) is 0 Å². The molecule has 0 bridgehead atoms. The molecule has 4 N–H and O–H groups in total. The van der Waals surface area contributed by atoms with E-state index in [1.807, 2.05) is 0 Å². The number of nitrogens with zero attached hydrogens (tertiary/aromatic N) is 2. The first-order valence-electron chi connectivity index (χ1n) is 5.14. The summed E-state index contributed by atoms with van der Waals surface area (Å²) < 4.78 is 13.1. The van der Waals surface area contributed by atoms with Gasteiger partial charge in [0.05, 0.1) is 0 Å². The van der Waals surface area contributed by atoms with Crippen molar-refractivity contribution >= 4 is 17.6 Å². The number of benzene rings is 1. The third-order valence-corrected chi connectivity index (χ3v) is 2.83. The zero-order valence-corrected chi connectivity index (χ0v) is 9.35. The number of halogens is 1. The third-order valence-electron chi connectivity index (χ3n) is 2.83. The maximum absolute atomic E-state index is 13.1. The molecule has 90 valence electrons. The molecule has 0 saturated carbocycles. The molecule has 1 heterocycles. The summed E-state index contributed by atoms with van der Waals surface area (Å²) in [6.07, 6.45) is 0.416. The predicted molar refractivity (Wildman–Crippen MR) is 63.1 cm³/mol. The summed E-state index contributed by atoms with van der Waals surface area (Å²) in [6, 6.07) is 3.97. The van der Waals surface area contributed by atoms with E-state index < -0.39 is 11.9 Å². The smallest absolute Gasteiger partial charge is 0.271 e. The number of amides is 1. The van der Waals surface area contributed by atoms with Crippen LogP contribution in [0.4, 0.5) is 10.1 Å². The minimum absolute atomic E-state index is 0.259. The minimum atomic E-state index is -0.464. The van der Waals surface area contributed by atoms with Gasteiger partial charge in [0.1, 0.15) is 11.9 Å². The number of carbonyl (C=O) groups is 1. The van der Waals surface area contributed by atoms with Crippen molar-refractivity contribution in [3.8, 4) is 0 Å². The van der Waals surface area contributed by atoms with Crippen LogP contribution in [0.5, 0.6) is 0 Å². The Balaban J connectivity index is 2.28. The molecule has 1 unspecified atom stereocenters. The quantitative estimate of drug-likeness (QED) is 0.530. The SMILES string of the molecule is CN1c2ccc(F)cc2CC1C(=O)N=C(N)N. The highest BCUT2D eigenvalue weighted by molar-refractivity contribution is 5.97. The molecule has 1 amide bonds. The van der Waals surface area contributed by atoms with E-state index in [0.29, 0.717) is 6.42 Å². The Labute approximate surface area is 97.9 Å². The van der Waals surface area contributed by atoms with Crippen LogP contribution in [-0.2, 0) is 11.2 Å². The first-order valence-corrected chi connectivity index (χ1v) is 5.14. The summed E-state index contributed by atoms with van der Waals surface area (Å²) in [7, 11) is 1.76. The highest BCUT2D eigenvalue weighted by Crippen LogP contribution is 2.31. The van der Waals surface area contributed by atoms with Gasteiger partial charge in [0.25, 0.3) is 5.91 Å². The topological polar surface area (TPSA) is 84.7 Å². The van der Waals surface area contributed by atoms with Crippen molar-refractivity contribution in [2.75, 3.05) is 11.9 Å². The van der Waals surface area contributed by atoms with E-state index in [-0.39, 0.29) is 11.8 Å². The van der Waals surface area contributed by atoms with Crippen molar-refractivity contribution in [2.24, 2.45) is 16.5 Å². The number of anilines is 1. The number of nitrogens with two attached hydrogens (primary N) is 2. The maximum Gasteiger partial charge on any atom is 0.271 e. The minimum Gasteiger partial charge on any atom is -0.370 e. The number of hydrogen-bond donors (Lipinski definition) is 2. The summed E-state index contributed by atoms with van der Waals surface area (Å²) in [5.41, 5.74) is 11.9. The Bertz CT molecular complexity index is 496. The van der Waals surface area contributed by atoms with Crippen molar-refractivity contribution in [3.05, 3.63) is 29.6 Å². The molecule has 0 fully saturated rings. The second kappa shape index (κ2) is 4.04. The number of likely N-dealkylation sites (N-methyl/N-ethyl adjacent to an activating group) is 1. The number of hydrogen-bond acceptors (Lipinski definition) is 2. The lowest BCUT2D eigenvalue weighted by molar-refractivity contribution is -0.118. The first kappa shape index (κ1) is 11.4. The summed E-state index contributed by atoms with van der Waals surface area (Å²) in [4.78, 5) is 17.0. The molecule has 0 aliphatic carbocycles. The van der Waals surface area contributed by atoms with Gasteiger partial charge in [-0.25, -0.2) is 4.39 Å². The molecule has 1 atom stereocenters. The maximum atomic E-state index is 13.1. The Morgan fingerprint density at radius 2 is 2.24 bits per heavy atom. The highest BCUT2D eigenvalue weighted by atomic mass is 19.1. The van der Waals surface area contributed by atoms with E-state index in [4.69, 9.17) is 11.5 Å². The molecule has 1 aliphatic heterocycles. The molecule has 2 rings (SSSR count). The van der Waals surface area contributed by atoms with Gasteiger partial charge in [0.2, 0.25) is 0 Å².